The normalized spacial score (nSPS) is 23.4. The Labute approximate surface area is 88.6 Å². The van der Waals surface area contributed by atoms with Crippen molar-refractivity contribution in [3.05, 3.63) is 0 Å². The van der Waals surface area contributed by atoms with Gasteiger partial charge in [-0.05, 0) is 32.6 Å². The summed E-state index contributed by atoms with van der Waals surface area (Å²) < 4.78 is 5.74. The Balaban J connectivity index is 2.55. The topological polar surface area (TPSA) is 12.5 Å². The van der Waals surface area contributed by atoms with E-state index >= 15 is 0 Å². The molecule has 0 spiro atoms. The number of ether oxygens (including phenoxy) is 1. The van der Waals surface area contributed by atoms with Crippen LogP contribution in [0.2, 0.25) is 0 Å². The zero-order valence-corrected chi connectivity index (χ0v) is 10.3. The van der Waals surface area contributed by atoms with Crippen molar-refractivity contribution >= 4 is 0 Å². The number of nitrogens with zero attached hydrogens (tertiary/aromatic N) is 1. The van der Waals surface area contributed by atoms with E-state index in [1.54, 1.807) is 0 Å². The van der Waals surface area contributed by atoms with Crippen LogP contribution in [0.15, 0.2) is 0 Å². The molecule has 1 heterocycles. The van der Waals surface area contributed by atoms with Crippen LogP contribution in [-0.2, 0) is 4.74 Å². The first-order valence-corrected chi connectivity index (χ1v) is 5.81. The molecule has 1 rings (SSSR count). The second-order valence-electron chi connectivity index (χ2n) is 5.05. The Morgan fingerprint density at radius 2 is 1.57 bits per heavy atom. The molecule has 0 atom stereocenters. The van der Waals surface area contributed by atoms with E-state index in [1.165, 1.54) is 25.9 Å². The number of hydrogen-bond acceptors (Lipinski definition) is 2. The van der Waals surface area contributed by atoms with Crippen molar-refractivity contribution in [2.75, 3.05) is 20.2 Å². The molecule has 2 nitrogen and oxygen atoms in total. The van der Waals surface area contributed by atoms with E-state index in [2.05, 4.69) is 32.6 Å². The Morgan fingerprint density at radius 1 is 1.07 bits per heavy atom. The van der Waals surface area contributed by atoms with Crippen LogP contribution in [0.5, 0.6) is 0 Å². The van der Waals surface area contributed by atoms with Gasteiger partial charge in [-0.2, -0.15) is 0 Å². The number of rotatable bonds is 3. The fourth-order valence-corrected chi connectivity index (χ4v) is 2.44. The molecule has 14 heavy (non-hydrogen) atoms. The highest BCUT2D eigenvalue weighted by Crippen LogP contribution is 2.33. The minimum absolute atomic E-state index is 0.144. The summed E-state index contributed by atoms with van der Waals surface area (Å²) in [4.78, 5) is 2.54. The molecule has 0 amide bonds. The minimum Gasteiger partial charge on any atom is -0.378 e. The fourth-order valence-electron chi connectivity index (χ4n) is 2.44. The smallest absolute Gasteiger partial charge is 0.0725 e. The summed E-state index contributed by atoms with van der Waals surface area (Å²) in [5, 5.41) is 0. The maximum Gasteiger partial charge on any atom is 0.0725 e. The first-order valence-electron chi connectivity index (χ1n) is 5.81. The van der Waals surface area contributed by atoms with Crippen LogP contribution in [0, 0.1) is 5.92 Å². The van der Waals surface area contributed by atoms with Crippen molar-refractivity contribution in [3.63, 3.8) is 0 Å². The standard InChI is InChI=1S/C12H25NO/c1-10(2)12(14-5)6-8-13(9-7-12)11(3)4/h10-11H,6-9H2,1-5H3. The fraction of sp³-hybridized carbons (Fsp3) is 1.00. The molecule has 1 fully saturated rings. The van der Waals surface area contributed by atoms with E-state index in [0.717, 1.165) is 0 Å². The van der Waals surface area contributed by atoms with Gasteiger partial charge in [-0.15, -0.1) is 0 Å². The maximum absolute atomic E-state index is 5.74. The molecule has 84 valence electrons. The predicted octanol–water partition coefficient (Wildman–Crippen LogP) is 2.53. The second-order valence-corrected chi connectivity index (χ2v) is 5.05. The molecule has 1 aliphatic heterocycles. The SMILES string of the molecule is COC1(C(C)C)CCN(C(C)C)CC1. The summed E-state index contributed by atoms with van der Waals surface area (Å²) >= 11 is 0. The minimum atomic E-state index is 0.144. The lowest BCUT2D eigenvalue weighted by molar-refractivity contribution is -0.0921. The molecule has 0 aromatic rings. The van der Waals surface area contributed by atoms with Crippen LogP contribution < -0.4 is 0 Å². The van der Waals surface area contributed by atoms with Crippen LogP contribution in [0.1, 0.15) is 40.5 Å². The van der Waals surface area contributed by atoms with E-state index in [9.17, 15) is 0 Å². The second kappa shape index (κ2) is 4.63. The van der Waals surface area contributed by atoms with Crippen molar-refractivity contribution in [3.8, 4) is 0 Å². The van der Waals surface area contributed by atoms with Crippen LogP contribution in [0.25, 0.3) is 0 Å². The average molecular weight is 199 g/mol. The quantitative estimate of drug-likeness (QED) is 0.692. The van der Waals surface area contributed by atoms with Gasteiger partial charge in [0.2, 0.25) is 0 Å². The summed E-state index contributed by atoms with van der Waals surface area (Å²) in [6, 6.07) is 0.678. The highest BCUT2D eigenvalue weighted by atomic mass is 16.5. The first kappa shape index (κ1) is 12.0. The molecular formula is C12H25NO. The molecule has 0 unspecified atom stereocenters. The first-order chi connectivity index (χ1) is 6.52. The van der Waals surface area contributed by atoms with Gasteiger partial charge < -0.3 is 9.64 Å². The van der Waals surface area contributed by atoms with Gasteiger partial charge in [0, 0.05) is 26.2 Å². The van der Waals surface area contributed by atoms with Crippen LogP contribution >= 0.6 is 0 Å². The highest BCUT2D eigenvalue weighted by molar-refractivity contribution is 4.90. The molecule has 0 saturated carbocycles. The lowest BCUT2D eigenvalue weighted by Crippen LogP contribution is -2.50. The third-order valence-electron chi connectivity index (χ3n) is 3.83. The van der Waals surface area contributed by atoms with E-state index in [1.807, 2.05) is 7.11 Å². The zero-order chi connectivity index (χ0) is 10.8. The number of methoxy groups -OCH3 is 1. The van der Waals surface area contributed by atoms with Gasteiger partial charge in [-0.3, -0.25) is 0 Å². The van der Waals surface area contributed by atoms with E-state index < -0.39 is 0 Å². The van der Waals surface area contributed by atoms with E-state index in [0.29, 0.717) is 12.0 Å². The zero-order valence-electron chi connectivity index (χ0n) is 10.3. The van der Waals surface area contributed by atoms with Crippen LogP contribution in [-0.4, -0.2) is 36.7 Å². The van der Waals surface area contributed by atoms with Gasteiger partial charge in [0.1, 0.15) is 0 Å². The maximum atomic E-state index is 5.74. The lowest BCUT2D eigenvalue weighted by atomic mass is 9.81. The molecule has 0 radical (unpaired) electrons. The van der Waals surface area contributed by atoms with Gasteiger partial charge in [0.05, 0.1) is 5.60 Å². The predicted molar refractivity (Wildman–Crippen MR) is 60.5 cm³/mol. The highest BCUT2D eigenvalue weighted by Gasteiger charge is 2.37. The molecule has 1 saturated heterocycles. The van der Waals surface area contributed by atoms with Crippen molar-refractivity contribution in [2.24, 2.45) is 5.92 Å². The summed E-state index contributed by atoms with van der Waals surface area (Å²) in [6.45, 7) is 11.5. The van der Waals surface area contributed by atoms with Gasteiger partial charge in [-0.25, -0.2) is 0 Å². The lowest BCUT2D eigenvalue weighted by Gasteiger charge is -2.44. The Bertz CT molecular complexity index is 169. The van der Waals surface area contributed by atoms with Crippen LogP contribution in [0.4, 0.5) is 0 Å². The molecule has 0 aliphatic carbocycles. The number of piperidine rings is 1. The monoisotopic (exact) mass is 199 g/mol. The third kappa shape index (κ3) is 2.29. The van der Waals surface area contributed by atoms with Crippen molar-refractivity contribution < 1.29 is 4.74 Å². The largest absolute Gasteiger partial charge is 0.378 e. The third-order valence-corrected chi connectivity index (χ3v) is 3.83. The number of hydrogen-bond donors (Lipinski definition) is 0. The van der Waals surface area contributed by atoms with Gasteiger partial charge in [0.15, 0.2) is 0 Å². The van der Waals surface area contributed by atoms with Gasteiger partial charge in [0.25, 0.3) is 0 Å². The summed E-state index contributed by atoms with van der Waals surface area (Å²) in [6.07, 6.45) is 2.36. The molecule has 0 aromatic heterocycles. The van der Waals surface area contributed by atoms with E-state index in [-0.39, 0.29) is 5.60 Å². The Kier molecular flexibility index (Phi) is 3.96. The molecule has 0 aromatic carbocycles. The summed E-state index contributed by atoms with van der Waals surface area (Å²) in [7, 11) is 1.87. The van der Waals surface area contributed by atoms with Crippen molar-refractivity contribution in [2.45, 2.75) is 52.2 Å². The Hall–Kier alpha value is -0.0800. The average Bonchev–Trinajstić information content (AvgIpc) is 2.17. The molecule has 0 bridgehead atoms. The number of likely N-dealkylation sites (tertiary alicyclic amines) is 1. The Morgan fingerprint density at radius 3 is 1.86 bits per heavy atom. The van der Waals surface area contributed by atoms with Gasteiger partial charge in [-0.1, -0.05) is 13.8 Å². The van der Waals surface area contributed by atoms with Crippen molar-refractivity contribution in [1.82, 2.24) is 4.90 Å². The summed E-state index contributed by atoms with van der Waals surface area (Å²) in [5.74, 6) is 0.627. The molecule has 2 heteroatoms. The molecule has 0 N–H and O–H groups in total. The molecular weight excluding hydrogens is 174 g/mol. The van der Waals surface area contributed by atoms with Crippen LogP contribution in [0.3, 0.4) is 0 Å². The van der Waals surface area contributed by atoms with E-state index in [4.69, 9.17) is 4.74 Å². The summed E-state index contributed by atoms with van der Waals surface area (Å²) in [5.41, 5.74) is 0.144. The van der Waals surface area contributed by atoms with Gasteiger partial charge >= 0.3 is 0 Å². The molecule has 1 aliphatic rings. The van der Waals surface area contributed by atoms with Crippen molar-refractivity contribution in [1.29, 1.82) is 0 Å².